The van der Waals surface area contributed by atoms with Gasteiger partial charge in [0.2, 0.25) is 5.91 Å². The van der Waals surface area contributed by atoms with Crippen molar-refractivity contribution < 1.29 is 9.53 Å². The van der Waals surface area contributed by atoms with Crippen LogP contribution in [0.25, 0.3) is 0 Å². The number of aromatic nitrogens is 1. The number of ether oxygens (including phenoxy) is 1. The number of nitrogens with one attached hydrogen (secondary N) is 1. The first kappa shape index (κ1) is 17.7. The molecule has 1 aliphatic carbocycles. The maximum Gasteiger partial charge on any atom is 0.251 e. The number of methoxy groups -OCH3 is 1. The van der Waals surface area contributed by atoms with Crippen molar-refractivity contribution in [1.82, 2.24) is 14.8 Å². The molecular formula is C20H29N3O3. The highest BCUT2D eigenvalue weighted by Crippen LogP contribution is 2.40. The molecular weight excluding hydrogens is 330 g/mol. The van der Waals surface area contributed by atoms with Crippen LogP contribution in [0, 0.1) is 11.8 Å². The molecule has 4 rings (SSSR count). The summed E-state index contributed by atoms with van der Waals surface area (Å²) in [5, 5.41) is 3.14. The zero-order chi connectivity index (χ0) is 18.1. The van der Waals surface area contributed by atoms with Gasteiger partial charge in [-0.05, 0) is 31.2 Å². The van der Waals surface area contributed by atoms with E-state index < -0.39 is 0 Å². The summed E-state index contributed by atoms with van der Waals surface area (Å²) in [6, 6.07) is 5.65. The van der Waals surface area contributed by atoms with Crippen LogP contribution in [0.3, 0.4) is 0 Å². The van der Waals surface area contributed by atoms with E-state index in [1.807, 2.05) is 10.6 Å². The number of fused-ring (bicyclic) bond motifs is 4. The minimum Gasteiger partial charge on any atom is -0.383 e. The third-order valence-electron chi connectivity index (χ3n) is 6.45. The quantitative estimate of drug-likeness (QED) is 0.833. The summed E-state index contributed by atoms with van der Waals surface area (Å²) in [5.41, 5.74) is 1.18. The van der Waals surface area contributed by atoms with Crippen molar-refractivity contribution in [3.63, 3.8) is 0 Å². The van der Waals surface area contributed by atoms with Crippen LogP contribution in [0.1, 0.15) is 43.3 Å². The number of piperidine rings is 1. The Labute approximate surface area is 154 Å². The predicted molar refractivity (Wildman–Crippen MR) is 99.3 cm³/mol. The molecule has 6 nitrogen and oxygen atoms in total. The highest BCUT2D eigenvalue weighted by atomic mass is 16.5. The average Bonchev–Trinajstić information content (AvgIpc) is 2.59. The number of pyridine rings is 1. The van der Waals surface area contributed by atoms with Crippen molar-refractivity contribution in [1.29, 1.82) is 0 Å². The fourth-order valence-corrected chi connectivity index (χ4v) is 4.82. The molecule has 0 aromatic carbocycles. The lowest BCUT2D eigenvalue weighted by Crippen LogP contribution is -2.52. The molecule has 2 aliphatic heterocycles. The molecule has 1 aromatic rings. The lowest BCUT2D eigenvalue weighted by molar-refractivity contribution is -0.127. The Hall–Kier alpha value is -1.66. The van der Waals surface area contributed by atoms with Crippen LogP contribution in [0.2, 0.25) is 0 Å². The van der Waals surface area contributed by atoms with Gasteiger partial charge in [-0.2, -0.15) is 0 Å². The van der Waals surface area contributed by atoms with Gasteiger partial charge in [-0.25, -0.2) is 0 Å². The van der Waals surface area contributed by atoms with E-state index in [1.54, 1.807) is 13.2 Å². The van der Waals surface area contributed by atoms with Gasteiger partial charge in [0.1, 0.15) is 0 Å². The van der Waals surface area contributed by atoms with Gasteiger partial charge in [0.25, 0.3) is 5.56 Å². The summed E-state index contributed by atoms with van der Waals surface area (Å²) < 4.78 is 7.22. The van der Waals surface area contributed by atoms with Gasteiger partial charge in [-0.3, -0.25) is 9.59 Å². The van der Waals surface area contributed by atoms with E-state index in [0.717, 1.165) is 57.6 Å². The van der Waals surface area contributed by atoms with Gasteiger partial charge in [0.15, 0.2) is 0 Å². The topological polar surface area (TPSA) is 63.6 Å². The number of likely N-dealkylation sites (tertiary alicyclic amines) is 1. The molecule has 2 fully saturated rings. The van der Waals surface area contributed by atoms with Crippen molar-refractivity contribution in [2.75, 3.05) is 39.9 Å². The van der Waals surface area contributed by atoms with Gasteiger partial charge in [0.05, 0.1) is 12.6 Å². The molecule has 2 bridgehead atoms. The summed E-state index contributed by atoms with van der Waals surface area (Å²) >= 11 is 0. The monoisotopic (exact) mass is 359 g/mol. The minimum absolute atomic E-state index is 0.0457. The number of carbonyl (C=O) groups excluding carboxylic acids is 1. The molecule has 3 heterocycles. The van der Waals surface area contributed by atoms with Crippen LogP contribution in [0.5, 0.6) is 0 Å². The molecule has 0 spiro atoms. The molecule has 1 saturated heterocycles. The van der Waals surface area contributed by atoms with Crippen LogP contribution in [0.15, 0.2) is 23.0 Å². The molecule has 3 atom stereocenters. The third kappa shape index (κ3) is 3.32. The van der Waals surface area contributed by atoms with Crippen molar-refractivity contribution in [3.05, 3.63) is 34.2 Å². The van der Waals surface area contributed by atoms with E-state index >= 15 is 0 Å². The van der Waals surface area contributed by atoms with Gasteiger partial charge in [-0.1, -0.05) is 12.5 Å². The largest absolute Gasteiger partial charge is 0.383 e. The number of nitrogens with zero attached hydrogens (tertiary/aromatic N) is 2. The fraction of sp³-hybridized carbons (Fsp3) is 0.700. The molecule has 3 aliphatic rings. The zero-order valence-corrected chi connectivity index (χ0v) is 15.5. The Kier molecular flexibility index (Phi) is 5.14. The second-order valence-electron chi connectivity index (χ2n) is 8.04. The second-order valence-corrected chi connectivity index (χ2v) is 8.04. The number of hydrogen-bond donors (Lipinski definition) is 1. The Bertz CT molecular complexity index is 712. The van der Waals surface area contributed by atoms with Gasteiger partial charge in [-0.15, -0.1) is 0 Å². The summed E-state index contributed by atoms with van der Waals surface area (Å²) in [6.45, 7) is 4.14. The lowest BCUT2D eigenvalue weighted by atomic mass is 9.78. The first-order valence-electron chi connectivity index (χ1n) is 9.88. The SMILES string of the molecule is COCCN1C[C@H]2C[C@@H](C1)[C@H](CNC(=O)C1CCC1)n1c2cccc1=O. The molecule has 26 heavy (non-hydrogen) atoms. The fourth-order valence-electron chi connectivity index (χ4n) is 4.82. The molecule has 142 valence electrons. The molecule has 1 amide bonds. The maximum absolute atomic E-state index is 12.6. The molecule has 0 unspecified atom stereocenters. The Balaban J connectivity index is 1.56. The van der Waals surface area contributed by atoms with Gasteiger partial charge >= 0.3 is 0 Å². The maximum atomic E-state index is 12.6. The Morgan fingerprint density at radius 2 is 2.15 bits per heavy atom. The van der Waals surface area contributed by atoms with Crippen molar-refractivity contribution >= 4 is 5.91 Å². The minimum atomic E-state index is 0.0457. The van der Waals surface area contributed by atoms with E-state index in [-0.39, 0.29) is 23.4 Å². The van der Waals surface area contributed by atoms with Crippen LogP contribution < -0.4 is 10.9 Å². The van der Waals surface area contributed by atoms with Crippen LogP contribution in [-0.2, 0) is 9.53 Å². The first-order chi connectivity index (χ1) is 12.7. The van der Waals surface area contributed by atoms with E-state index in [2.05, 4.69) is 16.3 Å². The number of amides is 1. The summed E-state index contributed by atoms with van der Waals surface area (Å²) in [5.74, 6) is 1.12. The Morgan fingerprint density at radius 3 is 2.88 bits per heavy atom. The smallest absolute Gasteiger partial charge is 0.251 e. The second kappa shape index (κ2) is 7.53. The Morgan fingerprint density at radius 1 is 1.31 bits per heavy atom. The lowest BCUT2D eigenvalue weighted by Gasteiger charge is -2.47. The van der Waals surface area contributed by atoms with Crippen LogP contribution >= 0.6 is 0 Å². The molecule has 1 saturated carbocycles. The highest BCUT2D eigenvalue weighted by molar-refractivity contribution is 5.79. The molecule has 1 N–H and O–H groups in total. The van der Waals surface area contributed by atoms with Crippen LogP contribution in [0.4, 0.5) is 0 Å². The number of carbonyl (C=O) groups is 1. The normalized spacial score (nSPS) is 28.3. The van der Waals surface area contributed by atoms with Crippen molar-refractivity contribution in [2.24, 2.45) is 11.8 Å². The van der Waals surface area contributed by atoms with Crippen molar-refractivity contribution in [3.8, 4) is 0 Å². The average molecular weight is 359 g/mol. The summed E-state index contributed by atoms with van der Waals surface area (Å²) in [7, 11) is 1.73. The zero-order valence-electron chi connectivity index (χ0n) is 15.5. The highest BCUT2D eigenvalue weighted by Gasteiger charge is 2.40. The molecule has 1 aromatic heterocycles. The molecule has 6 heteroatoms. The predicted octanol–water partition coefficient (Wildman–Crippen LogP) is 1.37. The summed E-state index contributed by atoms with van der Waals surface area (Å²) in [6.07, 6.45) is 4.26. The van der Waals surface area contributed by atoms with E-state index in [9.17, 15) is 9.59 Å². The van der Waals surface area contributed by atoms with E-state index in [1.165, 1.54) is 0 Å². The van der Waals surface area contributed by atoms with E-state index in [0.29, 0.717) is 18.4 Å². The van der Waals surface area contributed by atoms with Gasteiger partial charge < -0.3 is 19.5 Å². The third-order valence-corrected chi connectivity index (χ3v) is 6.45. The van der Waals surface area contributed by atoms with Crippen molar-refractivity contribution in [2.45, 2.75) is 37.6 Å². The first-order valence-corrected chi connectivity index (χ1v) is 9.88. The van der Waals surface area contributed by atoms with Crippen LogP contribution in [-0.4, -0.2) is 55.3 Å². The number of rotatable bonds is 6. The molecule has 0 radical (unpaired) electrons. The standard InChI is InChI=1S/C20H29N3O3/c1-26-9-8-22-12-15-10-16(13-22)18(11-21-20(25)14-4-2-5-14)23-17(15)6-3-7-19(23)24/h3,6-7,14-16,18H,2,4-5,8-13H2,1H3,(H,21,25)/t15-,16+,18+/m1/s1. The number of hydrogen-bond acceptors (Lipinski definition) is 4. The van der Waals surface area contributed by atoms with Gasteiger partial charge in [0, 0.05) is 56.9 Å². The summed E-state index contributed by atoms with van der Waals surface area (Å²) in [4.78, 5) is 27.4. The van der Waals surface area contributed by atoms with E-state index in [4.69, 9.17) is 4.74 Å².